The summed E-state index contributed by atoms with van der Waals surface area (Å²) in [6.45, 7) is 8.05. The predicted octanol–water partition coefficient (Wildman–Crippen LogP) is 6.06. The molecule has 42 heavy (non-hydrogen) atoms. The molecule has 226 valence electrons. The van der Waals surface area contributed by atoms with Crippen molar-refractivity contribution in [2.24, 2.45) is 0 Å². The van der Waals surface area contributed by atoms with Gasteiger partial charge in [-0.3, -0.25) is 13.9 Å². The molecule has 2 amide bonds. The van der Waals surface area contributed by atoms with Crippen molar-refractivity contribution in [1.29, 1.82) is 0 Å². The molecule has 7 nitrogen and oxygen atoms in total. The van der Waals surface area contributed by atoms with Crippen molar-refractivity contribution in [1.82, 2.24) is 10.2 Å². The summed E-state index contributed by atoms with van der Waals surface area (Å²) < 4.78 is 26.9. The molecule has 9 heteroatoms. The van der Waals surface area contributed by atoms with Crippen molar-refractivity contribution in [3.63, 3.8) is 0 Å². The number of nitrogens with one attached hydrogen (secondary N) is 1. The van der Waals surface area contributed by atoms with Crippen LogP contribution >= 0.6 is 11.6 Å². The minimum atomic E-state index is -3.59. The number of rotatable bonds is 14. The van der Waals surface area contributed by atoms with Crippen molar-refractivity contribution in [3.05, 3.63) is 100 Å². The second-order valence-electron chi connectivity index (χ2n) is 10.9. The van der Waals surface area contributed by atoms with Crippen LogP contribution in [0.25, 0.3) is 0 Å². The minimum absolute atomic E-state index is 0.0558. The number of nitrogens with zero attached hydrogens (tertiary/aromatic N) is 2. The maximum absolute atomic E-state index is 14.0. The third-order valence-electron chi connectivity index (χ3n) is 7.30. The monoisotopic (exact) mass is 611 g/mol. The molecule has 0 saturated carbocycles. The van der Waals surface area contributed by atoms with E-state index in [9.17, 15) is 18.0 Å². The van der Waals surface area contributed by atoms with Gasteiger partial charge in [-0.25, -0.2) is 8.42 Å². The highest BCUT2D eigenvalue weighted by Gasteiger charge is 2.31. The first-order valence-corrected chi connectivity index (χ1v) is 16.5. The average molecular weight is 612 g/mol. The molecule has 1 N–H and O–H groups in total. The Kier molecular flexibility index (Phi) is 12.0. The second-order valence-corrected chi connectivity index (χ2v) is 13.2. The molecule has 0 fully saturated rings. The normalized spacial score (nSPS) is 12.8. The SMILES string of the molecule is CC[C@@H](C)NC(=O)[C@@H](Cc1ccccc1)N(Cc1cccc(Cl)c1)C(=O)CCCN(c1cc(C)ccc1C)S(C)(=O)=O. The molecule has 3 aromatic rings. The summed E-state index contributed by atoms with van der Waals surface area (Å²) in [5.74, 6) is -0.457. The summed E-state index contributed by atoms with van der Waals surface area (Å²) in [5, 5.41) is 3.61. The predicted molar refractivity (Wildman–Crippen MR) is 171 cm³/mol. The fraction of sp³-hybridized carbons (Fsp3) is 0.394. The Morgan fingerprint density at radius 1 is 0.952 bits per heavy atom. The van der Waals surface area contributed by atoms with Gasteiger partial charge in [-0.1, -0.05) is 73.1 Å². The van der Waals surface area contributed by atoms with E-state index >= 15 is 0 Å². The molecule has 0 aromatic heterocycles. The van der Waals surface area contributed by atoms with Gasteiger partial charge in [0.15, 0.2) is 0 Å². The maximum atomic E-state index is 14.0. The van der Waals surface area contributed by atoms with Crippen LogP contribution in [0.1, 0.15) is 55.4 Å². The summed E-state index contributed by atoms with van der Waals surface area (Å²) >= 11 is 6.27. The van der Waals surface area contributed by atoms with Gasteiger partial charge in [0.05, 0.1) is 11.9 Å². The van der Waals surface area contributed by atoms with Crippen LogP contribution in [0.2, 0.25) is 5.02 Å². The molecule has 0 aliphatic rings. The van der Waals surface area contributed by atoms with Crippen LogP contribution in [0.3, 0.4) is 0 Å². The van der Waals surface area contributed by atoms with Crippen molar-refractivity contribution < 1.29 is 18.0 Å². The van der Waals surface area contributed by atoms with E-state index in [2.05, 4.69) is 5.32 Å². The Hall–Kier alpha value is -3.36. The number of carbonyl (C=O) groups excluding carboxylic acids is 2. The van der Waals surface area contributed by atoms with E-state index in [1.165, 1.54) is 10.6 Å². The van der Waals surface area contributed by atoms with E-state index < -0.39 is 16.1 Å². The molecule has 3 rings (SSSR count). The van der Waals surface area contributed by atoms with Crippen molar-refractivity contribution in [2.45, 2.75) is 72.0 Å². The smallest absolute Gasteiger partial charge is 0.243 e. The van der Waals surface area contributed by atoms with Crippen molar-refractivity contribution in [3.8, 4) is 0 Å². The number of hydrogen-bond donors (Lipinski definition) is 1. The number of hydrogen-bond acceptors (Lipinski definition) is 4. The zero-order valence-electron chi connectivity index (χ0n) is 25.1. The molecule has 0 spiro atoms. The van der Waals surface area contributed by atoms with Crippen LogP contribution in [0.5, 0.6) is 0 Å². The number of halogens is 1. The van der Waals surface area contributed by atoms with Gasteiger partial charge in [-0.15, -0.1) is 0 Å². The first-order chi connectivity index (χ1) is 19.9. The van der Waals surface area contributed by atoms with Crippen LogP contribution in [-0.2, 0) is 32.6 Å². The Morgan fingerprint density at radius 3 is 2.29 bits per heavy atom. The summed E-state index contributed by atoms with van der Waals surface area (Å²) in [4.78, 5) is 29.2. The lowest BCUT2D eigenvalue weighted by molar-refractivity contribution is -0.141. The van der Waals surface area contributed by atoms with Gasteiger partial charge < -0.3 is 10.2 Å². The minimum Gasteiger partial charge on any atom is -0.352 e. The molecule has 0 heterocycles. The lowest BCUT2D eigenvalue weighted by atomic mass is 10.0. The summed E-state index contributed by atoms with van der Waals surface area (Å²) in [6, 6.07) is 21.7. The molecule has 3 aromatic carbocycles. The Bertz CT molecular complexity index is 1460. The molecule has 0 saturated heterocycles. The van der Waals surface area contributed by atoms with Crippen LogP contribution in [0.4, 0.5) is 5.69 Å². The van der Waals surface area contributed by atoms with E-state index in [1.807, 2.05) is 88.4 Å². The van der Waals surface area contributed by atoms with Crippen molar-refractivity contribution in [2.75, 3.05) is 17.1 Å². The highest BCUT2D eigenvalue weighted by Crippen LogP contribution is 2.25. The molecular weight excluding hydrogens is 570 g/mol. The number of carbonyl (C=O) groups is 2. The van der Waals surface area contributed by atoms with Gasteiger partial charge in [0.2, 0.25) is 21.8 Å². The summed E-state index contributed by atoms with van der Waals surface area (Å²) in [5.41, 5.74) is 4.13. The first-order valence-electron chi connectivity index (χ1n) is 14.3. The van der Waals surface area contributed by atoms with Gasteiger partial charge in [0.1, 0.15) is 6.04 Å². The molecular formula is C33H42ClN3O4S. The van der Waals surface area contributed by atoms with Crippen molar-refractivity contribution >= 4 is 39.1 Å². The Labute approximate surface area is 255 Å². The lowest BCUT2D eigenvalue weighted by Gasteiger charge is -2.33. The van der Waals surface area contributed by atoms with Crippen LogP contribution < -0.4 is 9.62 Å². The summed E-state index contributed by atoms with van der Waals surface area (Å²) in [7, 11) is -3.59. The van der Waals surface area contributed by atoms with E-state index in [1.54, 1.807) is 17.0 Å². The summed E-state index contributed by atoms with van der Waals surface area (Å²) in [6.07, 6.45) is 2.63. The standard InChI is InChI=1S/C33H42ClN3O4S/c1-6-26(4)35-33(39)31(22-27-12-8-7-9-13-27)36(23-28-14-10-15-29(34)21-28)32(38)16-11-19-37(42(5,40)41)30-20-24(2)17-18-25(30)3/h7-10,12-15,17-18,20-21,26,31H,6,11,16,19,22-23H2,1-5H3,(H,35,39)/t26-,31-/m1/s1. The first kappa shape index (κ1) is 33.1. The number of aryl methyl sites for hydroxylation is 2. The van der Waals surface area contributed by atoms with Crippen LogP contribution in [0, 0.1) is 13.8 Å². The molecule has 2 atom stereocenters. The van der Waals surface area contributed by atoms with Gasteiger partial charge >= 0.3 is 0 Å². The third kappa shape index (κ3) is 9.60. The lowest BCUT2D eigenvalue weighted by Crippen LogP contribution is -2.52. The van der Waals surface area contributed by atoms with Gasteiger partial charge in [0.25, 0.3) is 0 Å². The largest absolute Gasteiger partial charge is 0.352 e. The van der Waals surface area contributed by atoms with E-state index in [0.29, 0.717) is 17.1 Å². The number of amides is 2. The second kappa shape index (κ2) is 15.2. The fourth-order valence-corrected chi connectivity index (χ4v) is 6.03. The molecule has 0 unspecified atom stereocenters. The number of anilines is 1. The highest BCUT2D eigenvalue weighted by atomic mass is 35.5. The Morgan fingerprint density at radius 2 is 1.64 bits per heavy atom. The van der Waals surface area contributed by atoms with Gasteiger partial charge in [0, 0.05) is 37.0 Å². The van der Waals surface area contributed by atoms with E-state index in [4.69, 9.17) is 11.6 Å². The fourth-order valence-electron chi connectivity index (χ4n) is 4.80. The molecule has 0 aliphatic heterocycles. The maximum Gasteiger partial charge on any atom is 0.243 e. The topological polar surface area (TPSA) is 86.8 Å². The van der Waals surface area contributed by atoms with Crippen LogP contribution in [-0.4, -0.2) is 50.0 Å². The highest BCUT2D eigenvalue weighted by molar-refractivity contribution is 7.92. The third-order valence-corrected chi connectivity index (χ3v) is 8.71. The average Bonchev–Trinajstić information content (AvgIpc) is 2.94. The van der Waals surface area contributed by atoms with E-state index in [-0.39, 0.29) is 43.8 Å². The zero-order chi connectivity index (χ0) is 30.9. The number of sulfonamides is 1. The Balaban J connectivity index is 1.91. The molecule has 0 aliphatic carbocycles. The zero-order valence-corrected chi connectivity index (χ0v) is 26.7. The number of benzene rings is 3. The van der Waals surface area contributed by atoms with Crippen LogP contribution in [0.15, 0.2) is 72.8 Å². The van der Waals surface area contributed by atoms with E-state index in [0.717, 1.165) is 28.7 Å². The quantitative estimate of drug-likeness (QED) is 0.240. The van der Waals surface area contributed by atoms with Gasteiger partial charge in [-0.05, 0) is 74.1 Å². The van der Waals surface area contributed by atoms with Gasteiger partial charge in [-0.2, -0.15) is 0 Å². The molecule has 0 radical (unpaired) electrons. The molecule has 0 bridgehead atoms.